The molecule has 5 aromatic rings. The molecule has 8 heteroatoms. The predicted octanol–water partition coefficient (Wildman–Crippen LogP) is 7.56. The Bertz CT molecular complexity index is 1740. The number of para-hydroxylation sites is 2. The Kier molecular flexibility index (Phi) is 10.4. The summed E-state index contributed by atoms with van der Waals surface area (Å²) in [5.74, 6) is -0.130. The first kappa shape index (κ1) is 30.8. The van der Waals surface area contributed by atoms with Crippen molar-refractivity contribution in [2.45, 2.75) is 4.90 Å². The molecule has 7 nitrogen and oxygen atoms in total. The van der Waals surface area contributed by atoms with Gasteiger partial charge in [-0.1, -0.05) is 72.8 Å². The molecule has 3 amide bonds. The normalized spacial score (nSPS) is 10.9. The number of ether oxygens (including phenoxy) is 1. The van der Waals surface area contributed by atoms with Gasteiger partial charge < -0.3 is 15.4 Å². The highest BCUT2D eigenvalue weighted by Crippen LogP contribution is 2.28. The summed E-state index contributed by atoms with van der Waals surface area (Å²) in [7, 11) is 1.58. The Hall–Kier alpha value is -5.60. The van der Waals surface area contributed by atoms with E-state index in [-0.39, 0.29) is 17.4 Å². The minimum atomic E-state index is -0.493. The van der Waals surface area contributed by atoms with Gasteiger partial charge in [0.05, 0.1) is 12.9 Å². The molecule has 45 heavy (non-hydrogen) atoms. The van der Waals surface area contributed by atoms with Gasteiger partial charge in [0.1, 0.15) is 11.4 Å². The van der Waals surface area contributed by atoms with Crippen LogP contribution in [-0.4, -0.2) is 30.6 Å². The van der Waals surface area contributed by atoms with Crippen LogP contribution in [-0.2, 0) is 9.59 Å². The summed E-state index contributed by atoms with van der Waals surface area (Å²) in [6.07, 6.45) is 1.61. The average molecular weight is 614 g/mol. The van der Waals surface area contributed by atoms with Crippen molar-refractivity contribution in [3.63, 3.8) is 0 Å². The highest BCUT2D eigenvalue weighted by molar-refractivity contribution is 8.00. The fraction of sp³-hybridized carbons (Fsp3) is 0.0541. The molecule has 2 N–H and O–H groups in total. The van der Waals surface area contributed by atoms with Gasteiger partial charge in [-0.2, -0.15) is 0 Å². The number of hydrogen-bond acceptors (Lipinski definition) is 5. The first-order chi connectivity index (χ1) is 22.0. The maximum Gasteiger partial charge on any atom is 0.272 e. The number of thioether (sulfide) groups is 1. The number of carbonyl (C=O) groups is 3. The lowest BCUT2D eigenvalue weighted by atomic mass is 10.1. The van der Waals surface area contributed by atoms with E-state index in [0.29, 0.717) is 22.6 Å². The van der Waals surface area contributed by atoms with Gasteiger partial charge in [-0.25, -0.2) is 0 Å². The number of nitrogens with zero attached hydrogens (tertiary/aromatic N) is 1. The first-order valence-corrected chi connectivity index (χ1v) is 15.2. The second-order valence-corrected chi connectivity index (χ2v) is 10.9. The van der Waals surface area contributed by atoms with Crippen LogP contribution in [0.15, 0.2) is 150 Å². The van der Waals surface area contributed by atoms with Crippen LogP contribution in [0.5, 0.6) is 5.75 Å². The van der Waals surface area contributed by atoms with Crippen molar-refractivity contribution in [3.8, 4) is 5.75 Å². The number of benzene rings is 5. The molecule has 0 heterocycles. The Balaban J connectivity index is 1.31. The SMILES string of the molecule is COc1ccc(/C=C(\NC(=O)c2ccccc2)C(=O)Nc2cccc(SCC(=O)N(c3ccccc3)c3ccccc3)c2)cc1. The molecule has 5 rings (SSSR count). The lowest BCUT2D eigenvalue weighted by molar-refractivity contribution is -0.115. The molecule has 0 saturated carbocycles. The van der Waals surface area contributed by atoms with E-state index in [1.807, 2.05) is 78.9 Å². The van der Waals surface area contributed by atoms with Gasteiger partial charge in [0.2, 0.25) is 5.91 Å². The zero-order valence-electron chi connectivity index (χ0n) is 24.6. The number of rotatable bonds is 11. The zero-order valence-corrected chi connectivity index (χ0v) is 25.4. The Morgan fingerprint density at radius 3 is 1.93 bits per heavy atom. The lowest BCUT2D eigenvalue weighted by Gasteiger charge is -2.23. The third kappa shape index (κ3) is 8.49. The molecule has 0 aliphatic rings. The van der Waals surface area contributed by atoms with Crippen LogP contribution in [0.1, 0.15) is 15.9 Å². The van der Waals surface area contributed by atoms with Crippen LogP contribution in [0, 0.1) is 0 Å². The average Bonchev–Trinajstić information content (AvgIpc) is 3.09. The molecule has 0 aromatic heterocycles. The summed E-state index contributed by atoms with van der Waals surface area (Å²) in [6.45, 7) is 0. The van der Waals surface area contributed by atoms with E-state index in [9.17, 15) is 14.4 Å². The van der Waals surface area contributed by atoms with Crippen molar-refractivity contribution in [2.75, 3.05) is 23.1 Å². The molecule has 0 atom stereocenters. The quantitative estimate of drug-likeness (QED) is 0.119. The molecule has 0 aliphatic carbocycles. The van der Waals surface area contributed by atoms with E-state index in [1.54, 1.807) is 78.7 Å². The molecule has 0 bridgehead atoms. The second kappa shape index (κ2) is 15.2. The highest BCUT2D eigenvalue weighted by atomic mass is 32.2. The molecule has 0 unspecified atom stereocenters. The number of amides is 3. The third-order valence-corrected chi connectivity index (χ3v) is 7.67. The second-order valence-electron chi connectivity index (χ2n) is 9.82. The van der Waals surface area contributed by atoms with Crippen molar-refractivity contribution >= 4 is 52.6 Å². The Labute approximate surface area is 266 Å². The summed E-state index contributed by atoms with van der Waals surface area (Å²) >= 11 is 1.37. The molecule has 0 fully saturated rings. The van der Waals surface area contributed by atoms with Crippen molar-refractivity contribution < 1.29 is 19.1 Å². The summed E-state index contributed by atoms with van der Waals surface area (Å²) < 4.78 is 5.23. The number of carbonyl (C=O) groups excluding carboxylic acids is 3. The molecule has 0 saturated heterocycles. The van der Waals surface area contributed by atoms with Crippen LogP contribution >= 0.6 is 11.8 Å². The van der Waals surface area contributed by atoms with E-state index in [2.05, 4.69) is 10.6 Å². The largest absolute Gasteiger partial charge is 0.497 e. The molecule has 5 aromatic carbocycles. The van der Waals surface area contributed by atoms with Gasteiger partial charge in [-0.15, -0.1) is 11.8 Å². The number of nitrogens with one attached hydrogen (secondary N) is 2. The van der Waals surface area contributed by atoms with Crippen molar-refractivity contribution in [1.82, 2.24) is 5.32 Å². The summed E-state index contributed by atoms with van der Waals surface area (Å²) in [6, 6.07) is 42.1. The minimum Gasteiger partial charge on any atom is -0.497 e. The molecule has 0 radical (unpaired) electrons. The monoisotopic (exact) mass is 613 g/mol. The zero-order chi connectivity index (χ0) is 31.4. The topological polar surface area (TPSA) is 87.7 Å². The summed E-state index contributed by atoms with van der Waals surface area (Å²) in [4.78, 5) is 42.5. The maximum atomic E-state index is 13.5. The third-order valence-electron chi connectivity index (χ3n) is 6.69. The maximum absolute atomic E-state index is 13.5. The van der Waals surface area contributed by atoms with Crippen LogP contribution in [0.25, 0.3) is 6.08 Å². The van der Waals surface area contributed by atoms with Crippen LogP contribution in [0.4, 0.5) is 17.1 Å². The van der Waals surface area contributed by atoms with Crippen LogP contribution in [0.3, 0.4) is 0 Å². The Morgan fingerprint density at radius 1 is 0.733 bits per heavy atom. The summed E-state index contributed by atoms with van der Waals surface area (Å²) in [5, 5.41) is 5.64. The smallest absolute Gasteiger partial charge is 0.272 e. The van der Waals surface area contributed by atoms with Crippen molar-refractivity contribution in [2.24, 2.45) is 0 Å². The number of anilines is 3. The van der Waals surface area contributed by atoms with E-state index in [1.165, 1.54) is 11.8 Å². The van der Waals surface area contributed by atoms with Crippen molar-refractivity contribution in [3.05, 3.63) is 156 Å². The van der Waals surface area contributed by atoms with Crippen molar-refractivity contribution in [1.29, 1.82) is 0 Å². The van der Waals surface area contributed by atoms with Gasteiger partial charge in [0.15, 0.2) is 0 Å². The lowest BCUT2D eigenvalue weighted by Crippen LogP contribution is -2.30. The standard InChI is InChI=1S/C37H31N3O4S/c1-44-32-22-20-27(21-23-32)24-34(39-36(42)28-12-5-2-6-13-28)37(43)38-29-14-11-19-33(25-29)45-26-35(41)40(30-15-7-3-8-16-30)31-17-9-4-10-18-31/h2-25H,26H2,1H3,(H,38,43)(H,39,42)/b34-24-. The fourth-order valence-electron chi connectivity index (χ4n) is 4.47. The predicted molar refractivity (Wildman–Crippen MR) is 181 cm³/mol. The van der Waals surface area contributed by atoms with E-state index >= 15 is 0 Å². The number of hydrogen-bond donors (Lipinski definition) is 2. The van der Waals surface area contributed by atoms with E-state index in [4.69, 9.17) is 4.74 Å². The minimum absolute atomic E-state index is 0.0728. The van der Waals surface area contributed by atoms with Gasteiger partial charge in [-0.05, 0) is 78.4 Å². The molecular weight excluding hydrogens is 582 g/mol. The molecule has 224 valence electrons. The van der Waals surface area contributed by atoms with E-state index < -0.39 is 11.8 Å². The van der Waals surface area contributed by atoms with Gasteiger partial charge in [0.25, 0.3) is 11.8 Å². The fourth-order valence-corrected chi connectivity index (χ4v) is 5.28. The highest BCUT2D eigenvalue weighted by Gasteiger charge is 2.19. The first-order valence-electron chi connectivity index (χ1n) is 14.2. The van der Waals surface area contributed by atoms with Crippen LogP contribution in [0.2, 0.25) is 0 Å². The Morgan fingerprint density at radius 2 is 1.33 bits per heavy atom. The van der Waals surface area contributed by atoms with Gasteiger partial charge >= 0.3 is 0 Å². The summed E-state index contributed by atoms with van der Waals surface area (Å²) in [5.41, 5.74) is 3.29. The van der Waals surface area contributed by atoms with Crippen LogP contribution < -0.4 is 20.3 Å². The molecule has 0 spiro atoms. The molecule has 0 aliphatic heterocycles. The van der Waals surface area contributed by atoms with E-state index in [0.717, 1.165) is 16.3 Å². The molecular formula is C37H31N3O4S. The van der Waals surface area contributed by atoms with Gasteiger partial charge in [-0.3, -0.25) is 19.3 Å². The van der Waals surface area contributed by atoms with Gasteiger partial charge in [0, 0.05) is 27.5 Å². The number of methoxy groups -OCH3 is 1.